The Morgan fingerprint density at radius 2 is 2.31 bits per heavy atom. The Balaban J connectivity index is 1.89. The molecule has 1 saturated heterocycles. The van der Waals surface area contributed by atoms with E-state index in [0.717, 1.165) is 38.0 Å². The topological polar surface area (TPSA) is 41.5 Å². The number of piperidine rings is 1. The van der Waals surface area contributed by atoms with Crippen LogP contribution in [0.15, 0.2) is 23.6 Å². The molecule has 3 nitrogen and oxygen atoms in total. The molecule has 0 aromatic carbocycles. The Kier molecular flexibility index (Phi) is 3.88. The standard InChI is InChI=1S/C13H21NO2/c1-2-3-8-16-11-5-6-12-10(9-11)4-7-13(15)14-12/h5-6,10,13-15H,2-4,7-9H2,1H3/t10-,13?/m1/s1. The van der Waals surface area contributed by atoms with Gasteiger partial charge in [0.15, 0.2) is 0 Å². The van der Waals surface area contributed by atoms with Gasteiger partial charge in [-0.15, -0.1) is 0 Å². The number of nitrogens with one attached hydrogen (secondary N) is 1. The highest BCUT2D eigenvalue weighted by Gasteiger charge is 2.26. The maximum atomic E-state index is 9.48. The predicted octanol–water partition coefficient (Wildman–Crippen LogP) is 2.29. The lowest BCUT2D eigenvalue weighted by molar-refractivity contribution is 0.101. The second kappa shape index (κ2) is 5.39. The summed E-state index contributed by atoms with van der Waals surface area (Å²) in [6, 6.07) is 0. The summed E-state index contributed by atoms with van der Waals surface area (Å²) in [6.07, 6.45) is 8.89. The smallest absolute Gasteiger partial charge is 0.124 e. The van der Waals surface area contributed by atoms with Crippen molar-refractivity contribution in [2.45, 2.75) is 45.3 Å². The summed E-state index contributed by atoms with van der Waals surface area (Å²) in [5, 5.41) is 12.6. The van der Waals surface area contributed by atoms with Gasteiger partial charge in [-0.05, 0) is 31.4 Å². The lowest BCUT2D eigenvalue weighted by Crippen LogP contribution is -2.37. The molecule has 2 aliphatic rings. The number of allylic oxidation sites excluding steroid dienone is 4. The zero-order valence-corrected chi connectivity index (χ0v) is 9.91. The lowest BCUT2D eigenvalue weighted by atomic mass is 9.88. The Hall–Kier alpha value is -0.960. The summed E-state index contributed by atoms with van der Waals surface area (Å²) in [7, 11) is 0. The number of unbranched alkanes of at least 4 members (excludes halogenated alkanes) is 1. The zero-order chi connectivity index (χ0) is 11.4. The summed E-state index contributed by atoms with van der Waals surface area (Å²) < 4.78 is 5.73. The van der Waals surface area contributed by atoms with Crippen LogP contribution >= 0.6 is 0 Å². The van der Waals surface area contributed by atoms with E-state index in [0.29, 0.717) is 5.92 Å². The Labute approximate surface area is 97.2 Å². The Morgan fingerprint density at radius 1 is 1.44 bits per heavy atom. The van der Waals surface area contributed by atoms with Crippen LogP contribution in [0.4, 0.5) is 0 Å². The molecule has 3 heteroatoms. The number of aliphatic hydroxyl groups excluding tert-OH is 1. The average Bonchev–Trinajstić information content (AvgIpc) is 2.29. The van der Waals surface area contributed by atoms with E-state index in [-0.39, 0.29) is 6.23 Å². The normalized spacial score (nSPS) is 28.6. The molecule has 90 valence electrons. The molecule has 1 aliphatic heterocycles. The molecule has 1 aliphatic carbocycles. The van der Waals surface area contributed by atoms with Crippen LogP contribution in [0.3, 0.4) is 0 Å². The van der Waals surface area contributed by atoms with Crippen LogP contribution in [0.25, 0.3) is 0 Å². The predicted molar refractivity (Wildman–Crippen MR) is 63.5 cm³/mol. The van der Waals surface area contributed by atoms with Gasteiger partial charge in [-0.1, -0.05) is 13.3 Å². The summed E-state index contributed by atoms with van der Waals surface area (Å²) in [5.74, 6) is 1.62. The molecule has 1 unspecified atom stereocenters. The molecular weight excluding hydrogens is 202 g/mol. The SMILES string of the molecule is CCCCOC1=CC=C2NC(O)CC[C@@H]2C1. The maximum absolute atomic E-state index is 9.48. The molecule has 1 heterocycles. The monoisotopic (exact) mass is 223 g/mol. The van der Waals surface area contributed by atoms with Gasteiger partial charge in [0.1, 0.15) is 6.23 Å². The third-order valence-electron chi connectivity index (χ3n) is 3.24. The van der Waals surface area contributed by atoms with Crippen LogP contribution in [0.5, 0.6) is 0 Å². The van der Waals surface area contributed by atoms with E-state index in [2.05, 4.69) is 18.3 Å². The molecule has 0 aromatic rings. The first-order chi connectivity index (χ1) is 7.79. The van der Waals surface area contributed by atoms with Crippen LogP contribution in [-0.4, -0.2) is 17.9 Å². The summed E-state index contributed by atoms with van der Waals surface area (Å²) in [4.78, 5) is 0. The minimum absolute atomic E-state index is 0.363. The number of rotatable bonds is 4. The molecule has 16 heavy (non-hydrogen) atoms. The third kappa shape index (κ3) is 2.79. The highest BCUT2D eigenvalue weighted by molar-refractivity contribution is 5.24. The highest BCUT2D eigenvalue weighted by Crippen LogP contribution is 2.31. The van der Waals surface area contributed by atoms with Crippen LogP contribution in [-0.2, 0) is 4.74 Å². The molecule has 1 fully saturated rings. The van der Waals surface area contributed by atoms with Gasteiger partial charge in [0.25, 0.3) is 0 Å². The molecule has 2 atom stereocenters. The molecule has 0 saturated carbocycles. The van der Waals surface area contributed by atoms with E-state index >= 15 is 0 Å². The van der Waals surface area contributed by atoms with E-state index in [1.165, 1.54) is 12.1 Å². The van der Waals surface area contributed by atoms with Gasteiger partial charge in [-0.25, -0.2) is 0 Å². The van der Waals surface area contributed by atoms with Gasteiger partial charge in [-0.3, -0.25) is 0 Å². The van der Waals surface area contributed by atoms with E-state index in [4.69, 9.17) is 4.74 Å². The van der Waals surface area contributed by atoms with Crippen molar-refractivity contribution in [2.24, 2.45) is 5.92 Å². The van der Waals surface area contributed by atoms with Crippen molar-refractivity contribution >= 4 is 0 Å². The van der Waals surface area contributed by atoms with E-state index in [9.17, 15) is 5.11 Å². The van der Waals surface area contributed by atoms with Crippen molar-refractivity contribution in [1.29, 1.82) is 0 Å². The van der Waals surface area contributed by atoms with E-state index < -0.39 is 0 Å². The van der Waals surface area contributed by atoms with Gasteiger partial charge in [-0.2, -0.15) is 0 Å². The van der Waals surface area contributed by atoms with Crippen LogP contribution in [0.2, 0.25) is 0 Å². The fraction of sp³-hybridized carbons (Fsp3) is 0.692. The van der Waals surface area contributed by atoms with Gasteiger partial charge in [0, 0.05) is 18.0 Å². The number of hydrogen-bond donors (Lipinski definition) is 2. The minimum atomic E-state index is -0.363. The molecular formula is C13H21NO2. The first kappa shape index (κ1) is 11.5. The van der Waals surface area contributed by atoms with Crippen LogP contribution < -0.4 is 5.32 Å². The van der Waals surface area contributed by atoms with Crippen molar-refractivity contribution in [3.63, 3.8) is 0 Å². The van der Waals surface area contributed by atoms with E-state index in [1.807, 2.05) is 6.08 Å². The Morgan fingerprint density at radius 3 is 3.12 bits per heavy atom. The first-order valence-electron chi connectivity index (χ1n) is 6.27. The van der Waals surface area contributed by atoms with Gasteiger partial charge in [0.05, 0.1) is 12.4 Å². The molecule has 0 spiro atoms. The number of hydrogen-bond acceptors (Lipinski definition) is 3. The van der Waals surface area contributed by atoms with Crippen molar-refractivity contribution in [3.8, 4) is 0 Å². The molecule has 2 rings (SSSR count). The van der Waals surface area contributed by atoms with Gasteiger partial charge >= 0.3 is 0 Å². The van der Waals surface area contributed by atoms with Crippen molar-refractivity contribution in [1.82, 2.24) is 5.32 Å². The molecule has 0 bridgehead atoms. The largest absolute Gasteiger partial charge is 0.498 e. The fourth-order valence-electron chi connectivity index (χ4n) is 2.24. The highest BCUT2D eigenvalue weighted by atomic mass is 16.5. The minimum Gasteiger partial charge on any atom is -0.498 e. The average molecular weight is 223 g/mol. The van der Waals surface area contributed by atoms with E-state index in [1.54, 1.807) is 0 Å². The maximum Gasteiger partial charge on any atom is 0.124 e. The molecule has 0 aromatic heterocycles. The number of aliphatic hydroxyl groups is 1. The van der Waals surface area contributed by atoms with Crippen LogP contribution in [0.1, 0.15) is 39.0 Å². The molecule has 2 N–H and O–H groups in total. The second-order valence-electron chi connectivity index (χ2n) is 4.60. The molecule has 0 radical (unpaired) electrons. The van der Waals surface area contributed by atoms with Crippen molar-refractivity contribution in [3.05, 3.63) is 23.6 Å². The van der Waals surface area contributed by atoms with Crippen LogP contribution in [0, 0.1) is 5.92 Å². The summed E-state index contributed by atoms with van der Waals surface area (Å²) in [5.41, 5.74) is 1.17. The van der Waals surface area contributed by atoms with Gasteiger partial charge in [0.2, 0.25) is 0 Å². The number of fused-ring (bicyclic) bond motifs is 1. The second-order valence-corrected chi connectivity index (χ2v) is 4.60. The van der Waals surface area contributed by atoms with Crippen molar-refractivity contribution < 1.29 is 9.84 Å². The quantitative estimate of drug-likeness (QED) is 0.718. The van der Waals surface area contributed by atoms with Gasteiger partial charge < -0.3 is 15.2 Å². The fourth-order valence-corrected chi connectivity index (χ4v) is 2.24. The Bertz CT molecular complexity index is 296. The molecule has 0 amide bonds. The number of ether oxygens (including phenoxy) is 1. The summed E-state index contributed by atoms with van der Waals surface area (Å²) >= 11 is 0. The first-order valence-corrected chi connectivity index (χ1v) is 6.27. The lowest BCUT2D eigenvalue weighted by Gasteiger charge is -2.33. The third-order valence-corrected chi connectivity index (χ3v) is 3.24. The van der Waals surface area contributed by atoms with Crippen molar-refractivity contribution in [2.75, 3.05) is 6.61 Å². The summed E-state index contributed by atoms with van der Waals surface area (Å²) in [6.45, 7) is 3.00. The zero-order valence-electron chi connectivity index (χ0n) is 9.91.